The van der Waals surface area contributed by atoms with Gasteiger partial charge in [0, 0.05) is 6.04 Å². The quantitative estimate of drug-likeness (QED) is 0.685. The summed E-state index contributed by atoms with van der Waals surface area (Å²) in [6.45, 7) is 3.89. The molecule has 0 unspecified atom stereocenters. The van der Waals surface area contributed by atoms with Crippen molar-refractivity contribution in [2.45, 2.75) is 19.9 Å². The number of anilines is 2. The predicted molar refractivity (Wildman–Crippen MR) is 94.1 cm³/mol. The van der Waals surface area contributed by atoms with Crippen LogP contribution < -0.4 is 10.2 Å². The lowest BCUT2D eigenvalue weighted by molar-refractivity contribution is 0.0600. The van der Waals surface area contributed by atoms with Crippen molar-refractivity contribution in [3.63, 3.8) is 0 Å². The number of carbonyl (C=O) groups is 3. The Labute approximate surface area is 145 Å². The summed E-state index contributed by atoms with van der Waals surface area (Å²) in [5.41, 5.74) is 1.90. The van der Waals surface area contributed by atoms with Gasteiger partial charge >= 0.3 is 5.97 Å². The third-order valence-corrected chi connectivity index (χ3v) is 3.90. The molecule has 0 atom stereocenters. The maximum Gasteiger partial charge on any atom is 0.337 e. The van der Waals surface area contributed by atoms with E-state index in [1.807, 2.05) is 13.8 Å². The van der Waals surface area contributed by atoms with Crippen LogP contribution in [0.5, 0.6) is 0 Å². The van der Waals surface area contributed by atoms with Crippen LogP contribution in [0, 0.1) is 0 Å². The number of esters is 1. The second kappa shape index (κ2) is 6.39. The van der Waals surface area contributed by atoms with E-state index in [4.69, 9.17) is 4.74 Å². The van der Waals surface area contributed by atoms with E-state index < -0.39 is 17.8 Å². The molecular formula is C19H18N2O4. The van der Waals surface area contributed by atoms with Crippen molar-refractivity contribution in [3.05, 3.63) is 59.2 Å². The zero-order chi connectivity index (χ0) is 18.1. The minimum atomic E-state index is -0.533. The van der Waals surface area contributed by atoms with Gasteiger partial charge in [-0.2, -0.15) is 0 Å². The number of nitrogens with zero attached hydrogens (tertiary/aromatic N) is 1. The Morgan fingerprint density at radius 3 is 2.16 bits per heavy atom. The van der Waals surface area contributed by atoms with Crippen molar-refractivity contribution < 1.29 is 19.1 Å². The van der Waals surface area contributed by atoms with Crippen molar-refractivity contribution in [2.75, 3.05) is 17.3 Å². The molecule has 2 aromatic rings. The average Bonchev–Trinajstić information content (AvgIpc) is 2.86. The molecule has 6 nitrogen and oxygen atoms in total. The molecule has 3 rings (SSSR count). The molecule has 2 amide bonds. The SMILES string of the molecule is COC(=O)c1ccc(NC(C)C)c(N2C(=O)c3ccccc3C2=O)c1. The van der Waals surface area contributed by atoms with Crippen LogP contribution in [0.15, 0.2) is 42.5 Å². The topological polar surface area (TPSA) is 75.7 Å². The lowest BCUT2D eigenvalue weighted by atomic mass is 10.1. The molecule has 0 aromatic heterocycles. The molecule has 0 bridgehead atoms. The van der Waals surface area contributed by atoms with Gasteiger partial charge in [-0.15, -0.1) is 0 Å². The highest BCUT2D eigenvalue weighted by molar-refractivity contribution is 6.35. The maximum absolute atomic E-state index is 12.8. The molecule has 1 aliphatic heterocycles. The van der Waals surface area contributed by atoms with Gasteiger partial charge in [0.05, 0.1) is 35.2 Å². The molecule has 0 radical (unpaired) electrons. The van der Waals surface area contributed by atoms with E-state index in [0.29, 0.717) is 22.5 Å². The molecule has 1 heterocycles. The average molecular weight is 338 g/mol. The molecule has 0 spiro atoms. The van der Waals surface area contributed by atoms with E-state index in [-0.39, 0.29) is 11.6 Å². The summed E-state index contributed by atoms with van der Waals surface area (Å²) in [5, 5.41) is 3.20. The third-order valence-electron chi connectivity index (χ3n) is 3.90. The third kappa shape index (κ3) is 2.87. The molecule has 0 aliphatic carbocycles. The highest BCUT2D eigenvalue weighted by Gasteiger charge is 2.37. The Morgan fingerprint density at radius 1 is 1.04 bits per heavy atom. The fourth-order valence-corrected chi connectivity index (χ4v) is 2.80. The van der Waals surface area contributed by atoms with Crippen molar-refractivity contribution in [1.29, 1.82) is 0 Å². The Balaban J connectivity index is 2.13. The highest BCUT2D eigenvalue weighted by atomic mass is 16.5. The van der Waals surface area contributed by atoms with Gasteiger partial charge < -0.3 is 10.1 Å². The normalized spacial score (nSPS) is 13.2. The van der Waals surface area contributed by atoms with E-state index in [1.54, 1.807) is 36.4 Å². The van der Waals surface area contributed by atoms with E-state index in [2.05, 4.69) is 5.32 Å². The number of ether oxygens (including phenoxy) is 1. The first kappa shape index (κ1) is 16.7. The zero-order valence-corrected chi connectivity index (χ0v) is 14.2. The maximum atomic E-state index is 12.8. The minimum absolute atomic E-state index is 0.0814. The summed E-state index contributed by atoms with van der Waals surface area (Å²) >= 11 is 0. The molecule has 2 aromatic carbocycles. The molecule has 25 heavy (non-hydrogen) atoms. The molecule has 0 fully saturated rings. The first-order chi connectivity index (χ1) is 11.9. The summed E-state index contributed by atoms with van der Waals surface area (Å²) < 4.78 is 4.74. The second-order valence-electron chi connectivity index (χ2n) is 6.01. The summed E-state index contributed by atoms with van der Waals surface area (Å²) in [7, 11) is 1.28. The number of nitrogens with one attached hydrogen (secondary N) is 1. The Kier molecular flexibility index (Phi) is 4.27. The monoisotopic (exact) mass is 338 g/mol. The molecule has 0 saturated carbocycles. The first-order valence-corrected chi connectivity index (χ1v) is 7.90. The Hall–Kier alpha value is -3.15. The van der Waals surface area contributed by atoms with Gasteiger partial charge in [-0.3, -0.25) is 9.59 Å². The molecule has 1 aliphatic rings. The van der Waals surface area contributed by atoms with Crippen LogP contribution in [0.1, 0.15) is 44.9 Å². The number of benzene rings is 2. The molecule has 6 heteroatoms. The van der Waals surface area contributed by atoms with Gasteiger partial charge in [-0.25, -0.2) is 9.69 Å². The van der Waals surface area contributed by atoms with Crippen LogP contribution in [0.25, 0.3) is 0 Å². The number of imide groups is 1. The van der Waals surface area contributed by atoms with Crippen LogP contribution >= 0.6 is 0 Å². The van der Waals surface area contributed by atoms with Crippen LogP contribution in [0.2, 0.25) is 0 Å². The predicted octanol–water partition coefficient (Wildman–Crippen LogP) is 3.09. The van der Waals surface area contributed by atoms with Crippen molar-refractivity contribution in [2.24, 2.45) is 0 Å². The lowest BCUT2D eigenvalue weighted by Crippen LogP contribution is -2.31. The van der Waals surface area contributed by atoms with Crippen molar-refractivity contribution in [3.8, 4) is 0 Å². The summed E-state index contributed by atoms with van der Waals surface area (Å²) in [4.78, 5) is 38.5. The fourth-order valence-electron chi connectivity index (χ4n) is 2.80. The number of amides is 2. The zero-order valence-electron chi connectivity index (χ0n) is 14.2. The van der Waals surface area contributed by atoms with Crippen LogP contribution in [-0.4, -0.2) is 30.9 Å². The molecule has 1 N–H and O–H groups in total. The van der Waals surface area contributed by atoms with Crippen molar-refractivity contribution >= 4 is 29.2 Å². The van der Waals surface area contributed by atoms with Gasteiger partial charge in [-0.1, -0.05) is 12.1 Å². The van der Waals surface area contributed by atoms with E-state index in [1.165, 1.54) is 13.2 Å². The van der Waals surface area contributed by atoms with Crippen LogP contribution in [0.4, 0.5) is 11.4 Å². The number of hydrogen-bond donors (Lipinski definition) is 1. The summed E-state index contributed by atoms with van der Waals surface area (Å²) in [6, 6.07) is 11.5. The second-order valence-corrected chi connectivity index (χ2v) is 6.01. The van der Waals surface area contributed by atoms with E-state index >= 15 is 0 Å². The minimum Gasteiger partial charge on any atom is -0.465 e. The summed E-state index contributed by atoms with van der Waals surface area (Å²) in [5.74, 6) is -1.35. The number of fused-ring (bicyclic) bond motifs is 1. The molecular weight excluding hydrogens is 320 g/mol. The standard InChI is InChI=1S/C19H18N2O4/c1-11(2)20-15-9-8-12(19(24)25-3)10-16(15)21-17(22)13-6-4-5-7-14(13)18(21)23/h4-11,20H,1-3H3. The Bertz CT molecular complexity index is 838. The number of hydrogen-bond acceptors (Lipinski definition) is 5. The van der Waals surface area contributed by atoms with Gasteiger partial charge in [-0.05, 0) is 44.2 Å². The highest BCUT2D eigenvalue weighted by Crippen LogP contribution is 2.34. The smallest absolute Gasteiger partial charge is 0.337 e. The first-order valence-electron chi connectivity index (χ1n) is 7.90. The molecule has 0 saturated heterocycles. The summed E-state index contributed by atoms with van der Waals surface area (Å²) in [6.07, 6.45) is 0. The van der Waals surface area contributed by atoms with Gasteiger partial charge in [0.2, 0.25) is 0 Å². The largest absolute Gasteiger partial charge is 0.465 e. The lowest BCUT2D eigenvalue weighted by Gasteiger charge is -2.21. The number of rotatable bonds is 4. The number of carbonyl (C=O) groups excluding carboxylic acids is 3. The number of methoxy groups -OCH3 is 1. The van der Waals surface area contributed by atoms with Crippen LogP contribution in [-0.2, 0) is 4.74 Å². The van der Waals surface area contributed by atoms with Crippen molar-refractivity contribution in [1.82, 2.24) is 0 Å². The van der Waals surface area contributed by atoms with E-state index in [9.17, 15) is 14.4 Å². The van der Waals surface area contributed by atoms with E-state index in [0.717, 1.165) is 4.90 Å². The Morgan fingerprint density at radius 2 is 1.64 bits per heavy atom. The van der Waals surface area contributed by atoms with Crippen LogP contribution in [0.3, 0.4) is 0 Å². The van der Waals surface area contributed by atoms with Gasteiger partial charge in [0.25, 0.3) is 11.8 Å². The van der Waals surface area contributed by atoms with Gasteiger partial charge in [0.15, 0.2) is 0 Å². The van der Waals surface area contributed by atoms with Gasteiger partial charge in [0.1, 0.15) is 0 Å². The molecule has 128 valence electrons. The fraction of sp³-hybridized carbons (Fsp3) is 0.211.